The first kappa shape index (κ1) is 48.1. The largest absolute Gasteiger partial charge is 0.363 e. The van der Waals surface area contributed by atoms with Gasteiger partial charge in [-0.3, -0.25) is 19.4 Å². The number of likely N-dealkylation sites (tertiary alicyclic amines) is 2. The molecule has 0 amide bonds. The van der Waals surface area contributed by atoms with Crippen LogP contribution in [0.4, 0.5) is 11.6 Å². The van der Waals surface area contributed by atoms with Crippen LogP contribution in [0.2, 0.25) is 0 Å². The SMILES string of the molecule is CN(C)CCCl.CN(C)CCn1ccnc(NC2CCN(C/C=C/c3ccccc3)CC2)c1=O.Cl.O=c1[nH]ccnc1NC1CCN(C/C=C/c2ccccc2)CC1. The maximum absolute atomic E-state index is 12.6. The maximum Gasteiger partial charge on any atom is 0.293 e. The molecule has 0 unspecified atom stereocenters. The van der Waals surface area contributed by atoms with Gasteiger partial charge in [0.1, 0.15) is 0 Å². The van der Waals surface area contributed by atoms with Crippen LogP contribution in [0.3, 0.4) is 0 Å². The molecule has 316 valence electrons. The number of aromatic amines is 1. The molecule has 0 spiro atoms. The van der Waals surface area contributed by atoms with Crippen molar-refractivity contribution in [2.24, 2.45) is 0 Å². The summed E-state index contributed by atoms with van der Waals surface area (Å²) in [5, 5.41) is 6.63. The highest BCUT2D eigenvalue weighted by Gasteiger charge is 2.21. The lowest BCUT2D eigenvalue weighted by molar-refractivity contribution is 0.240. The number of piperidine rings is 2. The van der Waals surface area contributed by atoms with Crippen LogP contribution in [0.15, 0.2) is 107 Å². The van der Waals surface area contributed by atoms with Crippen LogP contribution in [0.5, 0.6) is 0 Å². The summed E-state index contributed by atoms with van der Waals surface area (Å²) in [6, 6.07) is 21.4. The highest BCUT2D eigenvalue weighted by atomic mass is 35.5. The van der Waals surface area contributed by atoms with E-state index in [1.54, 1.807) is 29.4 Å². The molecule has 2 fully saturated rings. The van der Waals surface area contributed by atoms with Crippen molar-refractivity contribution in [2.45, 2.75) is 44.3 Å². The van der Waals surface area contributed by atoms with Crippen molar-refractivity contribution in [3.63, 3.8) is 0 Å². The van der Waals surface area contributed by atoms with Gasteiger partial charge in [0.25, 0.3) is 11.1 Å². The molecule has 2 aliphatic rings. The Hall–Kier alpha value is -4.30. The molecule has 2 aromatic carbocycles. The van der Waals surface area contributed by atoms with Gasteiger partial charge in [-0.25, -0.2) is 9.97 Å². The zero-order valence-electron chi connectivity index (χ0n) is 34.7. The summed E-state index contributed by atoms with van der Waals surface area (Å²) in [6.07, 6.45) is 19.5. The summed E-state index contributed by atoms with van der Waals surface area (Å²) in [5.74, 6) is 1.63. The smallest absolute Gasteiger partial charge is 0.293 e. The lowest BCUT2D eigenvalue weighted by Crippen LogP contribution is -2.40. The summed E-state index contributed by atoms with van der Waals surface area (Å²) in [7, 11) is 8.02. The molecule has 0 saturated carbocycles. The second-order valence-electron chi connectivity index (χ2n) is 14.9. The summed E-state index contributed by atoms with van der Waals surface area (Å²) >= 11 is 5.35. The normalized spacial score (nSPS) is 15.4. The molecule has 58 heavy (non-hydrogen) atoms. The molecule has 2 aromatic heterocycles. The van der Waals surface area contributed by atoms with Crippen LogP contribution in [0.1, 0.15) is 36.8 Å². The first-order valence-corrected chi connectivity index (χ1v) is 20.6. The number of likely N-dealkylation sites (N-methyl/N-ethyl adjacent to an activating group) is 1. The van der Waals surface area contributed by atoms with E-state index in [-0.39, 0.29) is 23.5 Å². The lowest BCUT2D eigenvalue weighted by atomic mass is 10.1. The van der Waals surface area contributed by atoms with Crippen molar-refractivity contribution < 1.29 is 0 Å². The van der Waals surface area contributed by atoms with E-state index in [1.807, 2.05) is 45.2 Å². The number of rotatable bonds is 15. The standard InChI is InChI=1S/C22H31N5O.C18H22N4O.C4H10ClN.ClH/c1-25(2)17-18-27-16-12-23-21(22(27)28)24-20-10-14-26(15-11-20)13-6-9-19-7-4-3-5-8-19;23-18-17(19-10-11-20-18)21-16-8-13-22(14-9-16)12-4-7-15-5-2-1-3-6-15;1-6(2)4-3-5;/h3-9,12,16,20H,10-11,13-15,17-18H2,1-2H3,(H,23,24);1-7,10-11,16H,8-9,12-14H2,(H,19,21)(H,20,23);3-4H2,1-2H3;1H/b9-6+;7-4+;;. The van der Waals surface area contributed by atoms with E-state index >= 15 is 0 Å². The van der Waals surface area contributed by atoms with E-state index in [4.69, 9.17) is 11.6 Å². The fourth-order valence-corrected chi connectivity index (χ4v) is 6.70. The van der Waals surface area contributed by atoms with Gasteiger partial charge in [0.05, 0.1) is 0 Å². The molecule has 2 saturated heterocycles. The van der Waals surface area contributed by atoms with Crippen LogP contribution in [-0.2, 0) is 6.54 Å². The van der Waals surface area contributed by atoms with Gasteiger partial charge in [0.15, 0.2) is 11.6 Å². The number of aromatic nitrogens is 4. The fourth-order valence-electron chi connectivity index (χ4n) is 6.36. The summed E-state index contributed by atoms with van der Waals surface area (Å²) < 4.78 is 1.73. The average molecular weight is 836 g/mol. The molecular weight excluding hydrogens is 771 g/mol. The van der Waals surface area contributed by atoms with Gasteiger partial charge in [-0.2, -0.15) is 0 Å². The highest BCUT2D eigenvalue weighted by molar-refractivity contribution is 6.18. The van der Waals surface area contributed by atoms with Crippen molar-refractivity contribution in [3.05, 3.63) is 129 Å². The summed E-state index contributed by atoms with van der Waals surface area (Å²) in [4.78, 5) is 44.2. The first-order valence-electron chi connectivity index (χ1n) is 20.1. The Labute approximate surface area is 356 Å². The van der Waals surface area contributed by atoms with Gasteiger partial charge in [-0.1, -0.05) is 85.0 Å². The Morgan fingerprint density at radius 1 is 0.724 bits per heavy atom. The second kappa shape index (κ2) is 27.4. The van der Waals surface area contributed by atoms with Crippen LogP contribution in [-0.4, -0.2) is 138 Å². The van der Waals surface area contributed by atoms with Crippen molar-refractivity contribution in [1.29, 1.82) is 0 Å². The Bertz CT molecular complexity index is 1860. The minimum Gasteiger partial charge on any atom is -0.363 e. The van der Waals surface area contributed by atoms with E-state index in [0.717, 1.165) is 83.9 Å². The minimum absolute atomic E-state index is 0. The Morgan fingerprint density at radius 2 is 1.21 bits per heavy atom. The van der Waals surface area contributed by atoms with Crippen molar-refractivity contribution in [1.82, 2.24) is 39.1 Å². The molecule has 0 atom stereocenters. The Morgan fingerprint density at radius 3 is 1.66 bits per heavy atom. The van der Waals surface area contributed by atoms with Crippen molar-refractivity contribution in [3.8, 4) is 0 Å². The molecule has 14 heteroatoms. The number of halogens is 2. The monoisotopic (exact) mass is 834 g/mol. The lowest BCUT2D eigenvalue weighted by Gasteiger charge is -2.31. The van der Waals surface area contributed by atoms with Gasteiger partial charge < -0.3 is 30.0 Å². The zero-order valence-corrected chi connectivity index (χ0v) is 36.3. The second-order valence-corrected chi connectivity index (χ2v) is 15.3. The molecule has 4 heterocycles. The summed E-state index contributed by atoms with van der Waals surface area (Å²) in [6.45, 7) is 8.52. The van der Waals surface area contributed by atoms with Crippen LogP contribution < -0.4 is 21.8 Å². The zero-order chi connectivity index (χ0) is 40.7. The van der Waals surface area contributed by atoms with E-state index in [1.165, 1.54) is 11.1 Å². The molecule has 4 aromatic rings. The van der Waals surface area contributed by atoms with Gasteiger partial charge in [0.2, 0.25) is 0 Å². The van der Waals surface area contributed by atoms with Gasteiger partial charge in [-0.05, 0) is 65.0 Å². The number of anilines is 2. The number of hydrogen-bond acceptors (Lipinski definition) is 10. The molecule has 6 rings (SSSR count). The third kappa shape index (κ3) is 18.5. The van der Waals surface area contributed by atoms with Crippen LogP contribution >= 0.6 is 24.0 Å². The third-order valence-corrected chi connectivity index (χ3v) is 9.91. The number of benzene rings is 2. The molecule has 12 nitrogen and oxygen atoms in total. The van der Waals surface area contributed by atoms with Gasteiger partial charge >= 0.3 is 0 Å². The third-order valence-electron chi connectivity index (χ3n) is 9.75. The number of nitrogens with zero attached hydrogens (tertiary/aromatic N) is 7. The van der Waals surface area contributed by atoms with Gasteiger partial charge in [0, 0.05) is 102 Å². The molecule has 0 aliphatic carbocycles. The van der Waals surface area contributed by atoms with Crippen LogP contribution in [0, 0.1) is 0 Å². The fraction of sp³-hybridized carbons (Fsp3) is 0.455. The van der Waals surface area contributed by atoms with E-state index < -0.39 is 0 Å². The predicted molar refractivity (Wildman–Crippen MR) is 246 cm³/mol. The molecular formula is C44H64Cl2N10O2. The molecule has 0 bridgehead atoms. The predicted octanol–water partition coefficient (Wildman–Crippen LogP) is 5.96. The van der Waals surface area contributed by atoms with Crippen molar-refractivity contribution >= 4 is 47.8 Å². The van der Waals surface area contributed by atoms with Gasteiger partial charge in [-0.15, -0.1) is 24.0 Å². The number of nitrogens with one attached hydrogen (secondary N) is 3. The van der Waals surface area contributed by atoms with E-state index in [9.17, 15) is 9.59 Å². The maximum atomic E-state index is 12.6. The van der Waals surface area contributed by atoms with E-state index in [0.29, 0.717) is 30.3 Å². The molecule has 2 aliphatic heterocycles. The Kier molecular flexibility index (Phi) is 22.7. The highest BCUT2D eigenvalue weighted by Crippen LogP contribution is 2.15. The quantitative estimate of drug-likeness (QED) is 0.124. The number of hydrogen-bond donors (Lipinski definition) is 3. The topological polar surface area (TPSA) is 118 Å². The molecule has 3 N–H and O–H groups in total. The molecule has 0 radical (unpaired) electrons. The van der Waals surface area contributed by atoms with Crippen molar-refractivity contribution in [2.75, 3.05) is 97.1 Å². The number of alkyl halides is 1. The number of H-pyrrole nitrogens is 1. The minimum atomic E-state index is -0.152. The summed E-state index contributed by atoms with van der Waals surface area (Å²) in [5.41, 5.74) is 2.29. The first-order chi connectivity index (χ1) is 27.7. The van der Waals surface area contributed by atoms with E-state index in [2.05, 4.69) is 113 Å². The average Bonchev–Trinajstić information content (AvgIpc) is 3.22. The Balaban J connectivity index is 0.000000272. The van der Waals surface area contributed by atoms with Crippen LogP contribution in [0.25, 0.3) is 12.2 Å².